The van der Waals surface area contributed by atoms with E-state index in [1.807, 2.05) is 39.8 Å². The molecule has 0 aliphatic carbocycles. The van der Waals surface area contributed by atoms with Gasteiger partial charge in [-0.2, -0.15) is 5.26 Å². The van der Waals surface area contributed by atoms with Gasteiger partial charge in [0.05, 0.1) is 12.3 Å². The average Bonchev–Trinajstić information content (AvgIpc) is 2.55. The molecule has 0 aliphatic heterocycles. The first kappa shape index (κ1) is 19.0. The van der Waals surface area contributed by atoms with Crippen molar-refractivity contribution in [1.29, 1.82) is 5.26 Å². The molecule has 6 heteroatoms. The maximum Gasteiger partial charge on any atom is 0.239 e. The molecule has 132 valence electrons. The molecule has 25 heavy (non-hydrogen) atoms. The van der Waals surface area contributed by atoms with Gasteiger partial charge in [0.1, 0.15) is 17.4 Å². The third kappa shape index (κ3) is 4.41. The van der Waals surface area contributed by atoms with Crippen LogP contribution in [-0.4, -0.2) is 22.7 Å². The lowest BCUT2D eigenvalue weighted by molar-refractivity contribution is 0.272. The lowest BCUT2D eigenvalue weighted by Crippen LogP contribution is -2.23. The Hall–Kier alpha value is -2.29. The smallest absolute Gasteiger partial charge is 0.239 e. The van der Waals surface area contributed by atoms with E-state index in [0.29, 0.717) is 27.7 Å². The summed E-state index contributed by atoms with van der Waals surface area (Å²) in [7, 11) is 0. The molecule has 2 N–H and O–H groups in total. The third-order valence-corrected chi connectivity index (χ3v) is 4.14. The topological polar surface area (TPSA) is 78.2 Å². The maximum atomic E-state index is 9.62. The zero-order chi connectivity index (χ0) is 18.6. The molecule has 1 heterocycles. The van der Waals surface area contributed by atoms with Crippen LogP contribution in [0.3, 0.4) is 0 Å². The molecule has 2 aromatic rings. The maximum absolute atomic E-state index is 9.62. The number of pyridine rings is 1. The Kier molecular flexibility index (Phi) is 6.24. The molecular formula is C19H22ClN3O2. The second-order valence-corrected chi connectivity index (χ2v) is 6.44. The van der Waals surface area contributed by atoms with Gasteiger partial charge in [0.2, 0.25) is 5.88 Å². The standard InChI is InChI=1S/C19H22ClN3O2/c1-5-15(10-24)23-17-8-13(4)22-19(16(17)9-21)25-18-11(2)6-14(20)7-12(18)3/h6-8,15,24H,5,10H2,1-4H3,(H,22,23). The predicted octanol–water partition coefficient (Wildman–Crippen LogP) is 4.51. The number of nitrogens with one attached hydrogen (secondary N) is 1. The number of halogens is 1. The minimum absolute atomic E-state index is 0.0195. The van der Waals surface area contributed by atoms with Crippen LogP contribution in [0.25, 0.3) is 0 Å². The van der Waals surface area contributed by atoms with Gasteiger partial charge >= 0.3 is 0 Å². The number of rotatable bonds is 6. The van der Waals surface area contributed by atoms with Crippen LogP contribution < -0.4 is 10.1 Å². The molecule has 0 spiro atoms. The SMILES string of the molecule is CCC(CO)Nc1cc(C)nc(Oc2c(C)cc(Cl)cc2C)c1C#N. The molecule has 0 saturated heterocycles. The number of ether oxygens (including phenoxy) is 1. The Labute approximate surface area is 153 Å². The van der Waals surface area contributed by atoms with Gasteiger partial charge in [0, 0.05) is 16.8 Å². The highest BCUT2D eigenvalue weighted by atomic mass is 35.5. The molecule has 5 nitrogen and oxygen atoms in total. The van der Waals surface area contributed by atoms with Crippen molar-refractivity contribution in [1.82, 2.24) is 4.98 Å². The molecule has 0 amide bonds. The van der Waals surface area contributed by atoms with Crippen molar-refractivity contribution in [3.05, 3.63) is 45.6 Å². The van der Waals surface area contributed by atoms with E-state index in [1.54, 1.807) is 6.07 Å². The van der Waals surface area contributed by atoms with Crippen LogP contribution in [-0.2, 0) is 0 Å². The number of nitrogens with zero attached hydrogens (tertiary/aromatic N) is 2. The predicted molar refractivity (Wildman–Crippen MR) is 99.5 cm³/mol. The summed E-state index contributed by atoms with van der Waals surface area (Å²) in [6.07, 6.45) is 0.730. The quantitative estimate of drug-likeness (QED) is 0.793. The van der Waals surface area contributed by atoms with Gasteiger partial charge < -0.3 is 15.2 Å². The first-order valence-electron chi connectivity index (χ1n) is 8.13. The number of anilines is 1. The van der Waals surface area contributed by atoms with E-state index in [0.717, 1.165) is 17.5 Å². The van der Waals surface area contributed by atoms with E-state index < -0.39 is 0 Å². The van der Waals surface area contributed by atoms with Gasteiger partial charge in [-0.1, -0.05) is 18.5 Å². The fourth-order valence-corrected chi connectivity index (χ4v) is 2.92. The lowest BCUT2D eigenvalue weighted by atomic mass is 10.1. The van der Waals surface area contributed by atoms with E-state index >= 15 is 0 Å². The molecule has 1 atom stereocenters. The second-order valence-electron chi connectivity index (χ2n) is 6.01. The molecule has 0 saturated carbocycles. The number of hydrogen-bond donors (Lipinski definition) is 2. The largest absolute Gasteiger partial charge is 0.437 e. The number of aliphatic hydroxyl groups excluding tert-OH is 1. The highest BCUT2D eigenvalue weighted by Crippen LogP contribution is 2.34. The zero-order valence-corrected chi connectivity index (χ0v) is 15.6. The number of hydrogen-bond acceptors (Lipinski definition) is 5. The van der Waals surface area contributed by atoms with Crippen LogP contribution >= 0.6 is 11.6 Å². The number of aryl methyl sites for hydroxylation is 3. The highest BCUT2D eigenvalue weighted by molar-refractivity contribution is 6.30. The minimum atomic E-state index is -0.138. The summed E-state index contributed by atoms with van der Waals surface area (Å²) in [5, 5.41) is 22.9. The monoisotopic (exact) mass is 359 g/mol. The molecule has 1 unspecified atom stereocenters. The van der Waals surface area contributed by atoms with Crippen LogP contribution in [0.15, 0.2) is 18.2 Å². The first-order valence-corrected chi connectivity index (χ1v) is 8.51. The summed E-state index contributed by atoms with van der Waals surface area (Å²) in [6, 6.07) is 7.42. The number of aromatic nitrogens is 1. The Bertz CT molecular complexity index is 788. The third-order valence-electron chi connectivity index (χ3n) is 3.92. The Balaban J connectivity index is 2.48. The van der Waals surface area contributed by atoms with Gasteiger partial charge in [0.15, 0.2) is 0 Å². The van der Waals surface area contributed by atoms with Gasteiger partial charge in [-0.15, -0.1) is 0 Å². The van der Waals surface area contributed by atoms with Crippen molar-refractivity contribution in [3.8, 4) is 17.7 Å². The van der Waals surface area contributed by atoms with Crippen molar-refractivity contribution in [2.75, 3.05) is 11.9 Å². The van der Waals surface area contributed by atoms with Gasteiger partial charge in [0.25, 0.3) is 0 Å². The molecule has 0 aliphatic rings. The van der Waals surface area contributed by atoms with E-state index in [-0.39, 0.29) is 18.5 Å². The van der Waals surface area contributed by atoms with Crippen LogP contribution in [0.1, 0.15) is 35.7 Å². The minimum Gasteiger partial charge on any atom is -0.437 e. The van der Waals surface area contributed by atoms with E-state index in [4.69, 9.17) is 16.3 Å². The Morgan fingerprint density at radius 3 is 2.44 bits per heavy atom. The summed E-state index contributed by atoms with van der Waals surface area (Å²) < 4.78 is 5.99. The average molecular weight is 360 g/mol. The summed E-state index contributed by atoms with van der Waals surface area (Å²) in [5.41, 5.74) is 3.37. The molecule has 0 radical (unpaired) electrons. The van der Waals surface area contributed by atoms with Crippen LogP contribution in [0.2, 0.25) is 5.02 Å². The molecule has 1 aromatic carbocycles. The Morgan fingerprint density at radius 2 is 1.92 bits per heavy atom. The molecular weight excluding hydrogens is 338 g/mol. The molecule has 1 aromatic heterocycles. The lowest BCUT2D eigenvalue weighted by Gasteiger charge is -2.19. The fourth-order valence-electron chi connectivity index (χ4n) is 2.59. The second kappa shape index (κ2) is 8.19. The molecule has 0 bridgehead atoms. The van der Waals surface area contributed by atoms with Gasteiger partial charge in [-0.3, -0.25) is 0 Å². The summed E-state index contributed by atoms with van der Waals surface area (Å²) in [5.74, 6) is 0.880. The van der Waals surface area contributed by atoms with Gasteiger partial charge in [-0.25, -0.2) is 4.98 Å². The van der Waals surface area contributed by atoms with Crippen molar-refractivity contribution in [3.63, 3.8) is 0 Å². The summed E-state index contributed by atoms with van der Waals surface area (Å²) in [6.45, 7) is 7.57. The van der Waals surface area contributed by atoms with E-state index in [9.17, 15) is 10.4 Å². The van der Waals surface area contributed by atoms with Crippen molar-refractivity contribution < 1.29 is 9.84 Å². The van der Waals surface area contributed by atoms with E-state index in [2.05, 4.69) is 16.4 Å². The molecule has 2 rings (SSSR count). The fraction of sp³-hybridized carbons (Fsp3) is 0.368. The number of aliphatic hydroxyl groups is 1. The molecule has 0 fully saturated rings. The van der Waals surface area contributed by atoms with Crippen LogP contribution in [0, 0.1) is 32.1 Å². The normalized spacial score (nSPS) is 11.7. The van der Waals surface area contributed by atoms with Gasteiger partial charge in [-0.05, 0) is 56.5 Å². The zero-order valence-electron chi connectivity index (χ0n) is 14.9. The first-order chi connectivity index (χ1) is 11.9. The van der Waals surface area contributed by atoms with Crippen molar-refractivity contribution >= 4 is 17.3 Å². The number of benzene rings is 1. The Morgan fingerprint density at radius 1 is 1.28 bits per heavy atom. The highest BCUT2D eigenvalue weighted by Gasteiger charge is 2.17. The number of nitriles is 1. The summed E-state index contributed by atoms with van der Waals surface area (Å²) in [4.78, 5) is 4.38. The van der Waals surface area contributed by atoms with Crippen molar-refractivity contribution in [2.24, 2.45) is 0 Å². The summed E-state index contributed by atoms with van der Waals surface area (Å²) >= 11 is 6.07. The van der Waals surface area contributed by atoms with Crippen molar-refractivity contribution in [2.45, 2.75) is 40.2 Å². The van der Waals surface area contributed by atoms with E-state index in [1.165, 1.54) is 0 Å². The van der Waals surface area contributed by atoms with Crippen LogP contribution in [0.5, 0.6) is 11.6 Å². The van der Waals surface area contributed by atoms with Crippen LogP contribution in [0.4, 0.5) is 5.69 Å².